The van der Waals surface area contributed by atoms with Gasteiger partial charge < -0.3 is 10.6 Å². The first kappa shape index (κ1) is 17.4. The molecule has 2 N–H and O–H groups in total. The van der Waals surface area contributed by atoms with E-state index in [1.165, 1.54) is 6.92 Å². The van der Waals surface area contributed by atoms with Crippen molar-refractivity contribution in [3.8, 4) is 11.3 Å². The molecule has 26 heavy (non-hydrogen) atoms. The lowest BCUT2D eigenvalue weighted by Crippen LogP contribution is -2.11. The van der Waals surface area contributed by atoms with Crippen molar-refractivity contribution in [1.29, 1.82) is 0 Å². The summed E-state index contributed by atoms with van der Waals surface area (Å²) in [6, 6.07) is 18.3. The number of carbonyl (C=O) groups excluding carboxylic acids is 2. The number of anilines is 2. The Labute approximate surface area is 152 Å². The van der Waals surface area contributed by atoms with Gasteiger partial charge in [-0.1, -0.05) is 24.3 Å². The lowest BCUT2D eigenvalue weighted by Gasteiger charge is -2.10. The summed E-state index contributed by atoms with van der Waals surface area (Å²) in [6.07, 6.45) is 1.67. The Morgan fingerprint density at radius 3 is 2.38 bits per heavy atom. The molecule has 0 saturated heterocycles. The molecule has 5 heteroatoms. The average molecular weight is 345 g/mol. The van der Waals surface area contributed by atoms with E-state index in [0.717, 1.165) is 16.8 Å². The SMILES string of the molecule is CC(=O)Nc1cccnc1-c1ccc(C(=O)Nc2cccc(C)c2)cc1. The van der Waals surface area contributed by atoms with Gasteiger partial charge in [-0.3, -0.25) is 14.6 Å². The summed E-state index contributed by atoms with van der Waals surface area (Å²) in [5.41, 5.74) is 4.51. The molecule has 5 nitrogen and oxygen atoms in total. The molecular formula is C21H19N3O2. The van der Waals surface area contributed by atoms with Crippen molar-refractivity contribution in [2.24, 2.45) is 0 Å². The van der Waals surface area contributed by atoms with Gasteiger partial charge in [-0.15, -0.1) is 0 Å². The molecule has 0 aliphatic rings. The molecule has 0 aliphatic heterocycles. The van der Waals surface area contributed by atoms with Crippen LogP contribution >= 0.6 is 0 Å². The van der Waals surface area contributed by atoms with Gasteiger partial charge in [0.15, 0.2) is 0 Å². The second-order valence-electron chi connectivity index (χ2n) is 5.98. The summed E-state index contributed by atoms with van der Waals surface area (Å²) in [5.74, 6) is -0.335. The lowest BCUT2D eigenvalue weighted by molar-refractivity contribution is -0.114. The highest BCUT2D eigenvalue weighted by Gasteiger charge is 2.10. The molecular weight excluding hydrogens is 326 g/mol. The van der Waals surface area contributed by atoms with Crippen LogP contribution in [0.3, 0.4) is 0 Å². The van der Waals surface area contributed by atoms with Gasteiger partial charge in [0.25, 0.3) is 5.91 Å². The smallest absolute Gasteiger partial charge is 0.255 e. The molecule has 2 aromatic carbocycles. The van der Waals surface area contributed by atoms with Gasteiger partial charge in [-0.25, -0.2) is 0 Å². The summed E-state index contributed by atoms with van der Waals surface area (Å²) in [6.45, 7) is 3.43. The van der Waals surface area contributed by atoms with Gasteiger partial charge in [0.1, 0.15) is 0 Å². The molecule has 0 fully saturated rings. The number of nitrogens with one attached hydrogen (secondary N) is 2. The summed E-state index contributed by atoms with van der Waals surface area (Å²) < 4.78 is 0. The molecule has 0 spiro atoms. The Balaban J connectivity index is 1.81. The lowest BCUT2D eigenvalue weighted by atomic mass is 10.1. The second-order valence-corrected chi connectivity index (χ2v) is 5.98. The van der Waals surface area contributed by atoms with Gasteiger partial charge >= 0.3 is 0 Å². The van der Waals surface area contributed by atoms with Crippen LogP contribution in [0.5, 0.6) is 0 Å². The van der Waals surface area contributed by atoms with E-state index in [2.05, 4.69) is 15.6 Å². The van der Waals surface area contributed by atoms with Crippen LogP contribution in [-0.4, -0.2) is 16.8 Å². The van der Waals surface area contributed by atoms with Crippen LogP contribution in [0.25, 0.3) is 11.3 Å². The van der Waals surface area contributed by atoms with Gasteiger partial charge in [0.2, 0.25) is 5.91 Å². The Kier molecular flexibility index (Phi) is 5.08. The third kappa shape index (κ3) is 4.13. The maximum atomic E-state index is 12.4. The number of aryl methyl sites for hydroxylation is 1. The molecule has 0 aliphatic carbocycles. The average Bonchev–Trinajstić information content (AvgIpc) is 2.62. The van der Waals surface area contributed by atoms with Crippen molar-refractivity contribution in [1.82, 2.24) is 4.98 Å². The van der Waals surface area contributed by atoms with E-state index in [0.29, 0.717) is 16.9 Å². The molecule has 1 heterocycles. The second kappa shape index (κ2) is 7.61. The first-order valence-corrected chi connectivity index (χ1v) is 8.24. The van der Waals surface area contributed by atoms with E-state index >= 15 is 0 Å². The van der Waals surface area contributed by atoms with E-state index in [1.54, 1.807) is 30.5 Å². The topological polar surface area (TPSA) is 71.1 Å². The molecule has 0 saturated carbocycles. The quantitative estimate of drug-likeness (QED) is 0.742. The highest BCUT2D eigenvalue weighted by Crippen LogP contribution is 2.25. The minimum Gasteiger partial charge on any atom is -0.324 e. The van der Waals surface area contributed by atoms with Crippen molar-refractivity contribution in [3.63, 3.8) is 0 Å². The van der Waals surface area contributed by atoms with Gasteiger partial charge in [-0.05, 0) is 48.9 Å². The third-order valence-electron chi connectivity index (χ3n) is 3.81. The minimum atomic E-state index is -0.176. The number of benzene rings is 2. The molecule has 3 aromatic rings. The zero-order valence-electron chi connectivity index (χ0n) is 14.6. The van der Waals surface area contributed by atoms with Crippen LogP contribution in [0.15, 0.2) is 66.9 Å². The maximum Gasteiger partial charge on any atom is 0.255 e. The highest BCUT2D eigenvalue weighted by atomic mass is 16.2. The number of pyridine rings is 1. The van der Waals surface area contributed by atoms with Crippen LogP contribution in [0, 0.1) is 6.92 Å². The van der Waals surface area contributed by atoms with Crippen molar-refractivity contribution in [2.45, 2.75) is 13.8 Å². The Morgan fingerprint density at radius 2 is 1.69 bits per heavy atom. The number of carbonyl (C=O) groups is 2. The maximum absolute atomic E-state index is 12.4. The van der Waals surface area contributed by atoms with E-state index in [4.69, 9.17) is 0 Å². The fraction of sp³-hybridized carbons (Fsp3) is 0.0952. The van der Waals surface area contributed by atoms with Crippen LogP contribution in [-0.2, 0) is 4.79 Å². The summed E-state index contributed by atoms with van der Waals surface area (Å²) in [5, 5.41) is 5.65. The molecule has 130 valence electrons. The number of rotatable bonds is 4. The van der Waals surface area contributed by atoms with Crippen molar-refractivity contribution >= 4 is 23.2 Å². The molecule has 2 amide bonds. The zero-order valence-corrected chi connectivity index (χ0v) is 14.6. The monoisotopic (exact) mass is 345 g/mol. The predicted molar refractivity (Wildman–Crippen MR) is 103 cm³/mol. The first-order valence-electron chi connectivity index (χ1n) is 8.24. The molecule has 0 bridgehead atoms. The Hall–Kier alpha value is -3.47. The van der Waals surface area contributed by atoms with Crippen LogP contribution < -0.4 is 10.6 Å². The Bertz CT molecular complexity index is 949. The largest absolute Gasteiger partial charge is 0.324 e. The molecule has 0 radical (unpaired) electrons. The molecule has 3 rings (SSSR count). The van der Waals surface area contributed by atoms with E-state index < -0.39 is 0 Å². The standard InChI is InChI=1S/C21H19N3O2/c1-14-5-3-6-18(13-14)24-21(26)17-10-8-16(9-11-17)20-19(23-15(2)25)7-4-12-22-20/h3-13H,1-2H3,(H,23,25)(H,24,26). The minimum absolute atomic E-state index is 0.159. The van der Waals surface area contributed by atoms with E-state index in [9.17, 15) is 9.59 Å². The van der Waals surface area contributed by atoms with Crippen LogP contribution in [0.4, 0.5) is 11.4 Å². The third-order valence-corrected chi connectivity index (χ3v) is 3.81. The van der Waals surface area contributed by atoms with Crippen molar-refractivity contribution < 1.29 is 9.59 Å². The van der Waals surface area contributed by atoms with Crippen molar-refractivity contribution in [3.05, 3.63) is 78.0 Å². The molecule has 1 aromatic heterocycles. The van der Waals surface area contributed by atoms with Crippen LogP contribution in [0.2, 0.25) is 0 Å². The first-order chi connectivity index (χ1) is 12.5. The predicted octanol–water partition coefficient (Wildman–Crippen LogP) is 4.27. The molecule has 0 atom stereocenters. The summed E-state index contributed by atoms with van der Waals surface area (Å²) in [7, 11) is 0. The van der Waals surface area contributed by atoms with Gasteiger partial charge in [0, 0.05) is 29.9 Å². The fourth-order valence-electron chi connectivity index (χ4n) is 2.63. The highest BCUT2D eigenvalue weighted by molar-refractivity contribution is 6.04. The molecule has 0 unspecified atom stereocenters. The Morgan fingerprint density at radius 1 is 0.923 bits per heavy atom. The van der Waals surface area contributed by atoms with Gasteiger partial charge in [0.05, 0.1) is 11.4 Å². The fourth-order valence-corrected chi connectivity index (χ4v) is 2.63. The number of nitrogens with zero attached hydrogens (tertiary/aromatic N) is 1. The van der Waals surface area contributed by atoms with E-state index in [1.807, 2.05) is 43.3 Å². The number of hydrogen-bond acceptors (Lipinski definition) is 3. The number of aromatic nitrogens is 1. The van der Waals surface area contributed by atoms with E-state index in [-0.39, 0.29) is 11.8 Å². The number of amides is 2. The summed E-state index contributed by atoms with van der Waals surface area (Å²) >= 11 is 0. The summed E-state index contributed by atoms with van der Waals surface area (Å²) in [4.78, 5) is 28.1. The van der Waals surface area contributed by atoms with Gasteiger partial charge in [-0.2, -0.15) is 0 Å². The zero-order chi connectivity index (χ0) is 18.5. The normalized spacial score (nSPS) is 10.2. The van der Waals surface area contributed by atoms with Crippen LogP contribution in [0.1, 0.15) is 22.8 Å². The van der Waals surface area contributed by atoms with Crippen molar-refractivity contribution in [2.75, 3.05) is 10.6 Å². The number of hydrogen-bond donors (Lipinski definition) is 2.